The van der Waals surface area contributed by atoms with Gasteiger partial charge < -0.3 is 19.3 Å². The molecule has 2 bridgehead atoms. The lowest BCUT2D eigenvalue weighted by molar-refractivity contribution is -0.154. The van der Waals surface area contributed by atoms with Crippen LogP contribution in [0.4, 0.5) is 24.9 Å². The molecule has 8 nitrogen and oxygen atoms in total. The van der Waals surface area contributed by atoms with Crippen LogP contribution in [0.5, 0.6) is 0 Å². The van der Waals surface area contributed by atoms with E-state index in [0.29, 0.717) is 19.0 Å². The predicted octanol–water partition coefficient (Wildman–Crippen LogP) is 0.925. The molecule has 0 unspecified atom stereocenters. The Hall–Kier alpha value is -2.30. The van der Waals surface area contributed by atoms with Gasteiger partial charge in [-0.1, -0.05) is 0 Å². The quantitative estimate of drug-likeness (QED) is 0.694. The second-order valence-corrected chi connectivity index (χ2v) is 7.27. The number of rotatable bonds is 4. The first-order valence-electron chi connectivity index (χ1n) is 9.18. The molecule has 0 saturated carbocycles. The van der Waals surface area contributed by atoms with Gasteiger partial charge in [-0.05, 0) is 12.8 Å². The Kier molecular flexibility index (Phi) is 4.72. The molecule has 11 heteroatoms. The summed E-state index contributed by atoms with van der Waals surface area (Å²) >= 11 is 0. The average molecular weight is 402 g/mol. The summed E-state index contributed by atoms with van der Waals surface area (Å²) < 4.78 is 52.2. The lowest BCUT2D eigenvalue weighted by atomic mass is 10.1. The molecule has 1 aromatic heterocycles. The van der Waals surface area contributed by atoms with Crippen LogP contribution < -0.4 is 15.4 Å². The van der Waals surface area contributed by atoms with E-state index in [9.17, 15) is 22.8 Å². The van der Waals surface area contributed by atoms with Gasteiger partial charge in [0.25, 0.3) is 5.56 Å². The van der Waals surface area contributed by atoms with Crippen molar-refractivity contribution in [2.75, 3.05) is 36.6 Å². The second-order valence-electron chi connectivity index (χ2n) is 7.27. The first kappa shape index (κ1) is 19.0. The van der Waals surface area contributed by atoms with Crippen LogP contribution in [0.25, 0.3) is 0 Å². The molecule has 2 saturated heterocycles. The summed E-state index contributed by atoms with van der Waals surface area (Å²) in [6.45, 7) is 0.769. The van der Waals surface area contributed by atoms with Crippen LogP contribution >= 0.6 is 0 Å². The molecular formula is C17H21F3N4O4. The summed E-state index contributed by atoms with van der Waals surface area (Å²) in [5, 5.41) is 0. The lowest BCUT2D eigenvalue weighted by Crippen LogP contribution is -2.53. The standard InChI is InChI=1S/C17H21F3N4O4/c1-27-15(26)3-5-22-12(17(18,19)20)2-4-23-14(25)7-13(21-16(22)23)24-8-11-6-10(24)9-28-11/h7,10-12H,2-6,8-9H2,1H3/t10-,11-,12-/m0/s1. The average Bonchev–Trinajstić information content (AvgIpc) is 3.28. The third-order valence-electron chi connectivity index (χ3n) is 5.59. The fourth-order valence-electron chi connectivity index (χ4n) is 4.20. The highest BCUT2D eigenvalue weighted by molar-refractivity contribution is 5.70. The van der Waals surface area contributed by atoms with Gasteiger partial charge in [0.05, 0.1) is 32.3 Å². The van der Waals surface area contributed by atoms with Crippen molar-refractivity contribution in [1.82, 2.24) is 9.55 Å². The number of hydrogen-bond donors (Lipinski definition) is 0. The van der Waals surface area contributed by atoms with Crippen molar-refractivity contribution in [1.29, 1.82) is 0 Å². The summed E-state index contributed by atoms with van der Waals surface area (Å²) in [6, 6.07) is -0.362. The van der Waals surface area contributed by atoms with Gasteiger partial charge in [0, 0.05) is 25.7 Å². The molecule has 3 aliphatic heterocycles. The van der Waals surface area contributed by atoms with Crippen LogP contribution in [-0.2, 0) is 20.8 Å². The lowest BCUT2D eigenvalue weighted by Gasteiger charge is -2.39. The summed E-state index contributed by atoms with van der Waals surface area (Å²) in [5.74, 6) is -0.313. The van der Waals surface area contributed by atoms with E-state index in [1.807, 2.05) is 4.90 Å². The van der Waals surface area contributed by atoms with Crippen LogP contribution in [0.1, 0.15) is 19.3 Å². The van der Waals surface area contributed by atoms with Gasteiger partial charge in [0.2, 0.25) is 5.95 Å². The number of ether oxygens (including phenoxy) is 2. The Morgan fingerprint density at radius 3 is 2.82 bits per heavy atom. The number of esters is 1. The third-order valence-corrected chi connectivity index (χ3v) is 5.59. The van der Waals surface area contributed by atoms with E-state index in [-0.39, 0.29) is 44.0 Å². The molecule has 3 aliphatic rings. The SMILES string of the molecule is COC(=O)CCN1c2nc(N3C[C@@H]4C[C@H]3CO4)cc(=O)n2CC[C@H]1C(F)(F)F. The van der Waals surface area contributed by atoms with E-state index in [1.54, 1.807) is 0 Å². The van der Waals surface area contributed by atoms with E-state index < -0.39 is 23.7 Å². The molecule has 4 rings (SSSR count). The number of morpholine rings is 1. The molecule has 28 heavy (non-hydrogen) atoms. The highest BCUT2D eigenvalue weighted by Gasteiger charge is 2.47. The largest absolute Gasteiger partial charge is 0.469 e. The maximum absolute atomic E-state index is 13.6. The molecule has 154 valence electrons. The number of halogens is 3. The van der Waals surface area contributed by atoms with Crippen LogP contribution in [0.2, 0.25) is 0 Å². The molecular weight excluding hydrogens is 381 g/mol. The Balaban J connectivity index is 1.71. The molecule has 3 atom stereocenters. The van der Waals surface area contributed by atoms with E-state index in [2.05, 4.69) is 9.72 Å². The topological polar surface area (TPSA) is 76.9 Å². The van der Waals surface area contributed by atoms with Crippen LogP contribution in [0.3, 0.4) is 0 Å². The number of methoxy groups -OCH3 is 1. The van der Waals surface area contributed by atoms with Crippen molar-refractivity contribution in [3.05, 3.63) is 16.4 Å². The van der Waals surface area contributed by atoms with Gasteiger partial charge >= 0.3 is 12.1 Å². The smallest absolute Gasteiger partial charge is 0.408 e. The summed E-state index contributed by atoms with van der Waals surface area (Å²) in [6.07, 6.45) is -4.14. The summed E-state index contributed by atoms with van der Waals surface area (Å²) in [4.78, 5) is 31.5. The van der Waals surface area contributed by atoms with Gasteiger partial charge in [0.15, 0.2) is 0 Å². The number of fused-ring (bicyclic) bond motifs is 3. The first-order chi connectivity index (χ1) is 13.3. The summed E-state index contributed by atoms with van der Waals surface area (Å²) in [5.41, 5.74) is -0.396. The van der Waals surface area contributed by atoms with Crippen molar-refractivity contribution in [3.8, 4) is 0 Å². The minimum atomic E-state index is -4.50. The molecule has 0 amide bonds. The van der Waals surface area contributed by atoms with Gasteiger partial charge in [-0.3, -0.25) is 14.2 Å². The zero-order valence-corrected chi connectivity index (χ0v) is 15.3. The fourth-order valence-corrected chi connectivity index (χ4v) is 4.20. The maximum Gasteiger partial charge on any atom is 0.408 e. The fraction of sp³-hybridized carbons (Fsp3) is 0.706. The molecule has 0 spiro atoms. The van der Waals surface area contributed by atoms with E-state index in [0.717, 1.165) is 11.3 Å². The Labute approximate surface area is 158 Å². The Morgan fingerprint density at radius 1 is 1.43 bits per heavy atom. The predicted molar refractivity (Wildman–Crippen MR) is 92.4 cm³/mol. The number of anilines is 2. The highest BCUT2D eigenvalue weighted by Crippen LogP contribution is 2.36. The van der Waals surface area contributed by atoms with E-state index in [1.165, 1.54) is 17.7 Å². The number of alkyl halides is 3. The maximum atomic E-state index is 13.6. The van der Waals surface area contributed by atoms with Crippen molar-refractivity contribution in [3.63, 3.8) is 0 Å². The number of carbonyl (C=O) groups excluding carboxylic acids is 1. The van der Waals surface area contributed by atoms with Gasteiger partial charge in [0.1, 0.15) is 11.9 Å². The van der Waals surface area contributed by atoms with Crippen LogP contribution in [-0.4, -0.2) is 66.7 Å². The van der Waals surface area contributed by atoms with Gasteiger partial charge in [-0.25, -0.2) is 0 Å². The third kappa shape index (κ3) is 3.31. The van der Waals surface area contributed by atoms with E-state index in [4.69, 9.17) is 4.74 Å². The molecule has 1 aromatic rings. The molecule has 0 radical (unpaired) electrons. The number of carbonyl (C=O) groups is 1. The minimum Gasteiger partial charge on any atom is -0.469 e. The molecule has 0 aliphatic carbocycles. The summed E-state index contributed by atoms with van der Waals surface area (Å²) in [7, 11) is 1.18. The van der Waals surface area contributed by atoms with Crippen molar-refractivity contribution >= 4 is 17.7 Å². The zero-order valence-electron chi connectivity index (χ0n) is 15.3. The van der Waals surface area contributed by atoms with Crippen LogP contribution in [0.15, 0.2) is 10.9 Å². The molecule has 4 heterocycles. The second kappa shape index (κ2) is 6.94. The van der Waals surface area contributed by atoms with Crippen molar-refractivity contribution in [2.45, 2.75) is 50.2 Å². The van der Waals surface area contributed by atoms with Gasteiger partial charge in [-0.15, -0.1) is 0 Å². The van der Waals surface area contributed by atoms with Crippen molar-refractivity contribution in [2.24, 2.45) is 0 Å². The Bertz CT molecular complexity index is 828. The first-order valence-corrected chi connectivity index (χ1v) is 9.18. The monoisotopic (exact) mass is 402 g/mol. The zero-order chi connectivity index (χ0) is 20.1. The Morgan fingerprint density at radius 2 is 2.21 bits per heavy atom. The van der Waals surface area contributed by atoms with Gasteiger partial charge in [-0.2, -0.15) is 18.2 Å². The van der Waals surface area contributed by atoms with Crippen molar-refractivity contribution < 1.29 is 27.4 Å². The molecule has 0 N–H and O–H groups in total. The van der Waals surface area contributed by atoms with E-state index >= 15 is 0 Å². The minimum absolute atomic E-state index is 0.0522. The number of hydrogen-bond acceptors (Lipinski definition) is 7. The number of nitrogens with zero attached hydrogens (tertiary/aromatic N) is 4. The molecule has 0 aromatic carbocycles. The normalized spacial score (nSPS) is 26.5. The molecule has 2 fully saturated rings. The van der Waals surface area contributed by atoms with Crippen LogP contribution in [0, 0.1) is 0 Å². The highest BCUT2D eigenvalue weighted by atomic mass is 19.4. The number of aromatic nitrogens is 2.